The van der Waals surface area contributed by atoms with E-state index in [1.165, 1.54) is 11.8 Å². The third-order valence-electron chi connectivity index (χ3n) is 3.84. The number of rotatable bonds is 6. The summed E-state index contributed by atoms with van der Waals surface area (Å²) in [5.74, 6) is -3.71. The molecule has 0 spiro atoms. The van der Waals surface area contributed by atoms with Crippen LogP contribution in [0.15, 0.2) is 11.0 Å². The maximum atomic E-state index is 12.6. The van der Waals surface area contributed by atoms with Crippen molar-refractivity contribution < 1.29 is 29.3 Å². The van der Waals surface area contributed by atoms with Crippen molar-refractivity contribution in [2.24, 2.45) is 0 Å². The van der Waals surface area contributed by atoms with Crippen molar-refractivity contribution >= 4 is 17.8 Å². The van der Waals surface area contributed by atoms with Crippen molar-refractivity contribution in [3.8, 4) is 5.75 Å². The van der Waals surface area contributed by atoms with Crippen LogP contribution in [0.3, 0.4) is 0 Å². The quantitative estimate of drug-likeness (QED) is 0.675. The fraction of sp³-hybridized carbons (Fsp3) is 0.500. The highest BCUT2D eigenvalue weighted by Crippen LogP contribution is 2.21. The Morgan fingerprint density at radius 2 is 1.96 bits per heavy atom. The lowest BCUT2D eigenvalue weighted by molar-refractivity contribution is -0.118. The Morgan fingerprint density at radius 3 is 2.50 bits per heavy atom. The molecule has 0 aromatic carbocycles. The lowest BCUT2D eigenvalue weighted by atomic mass is 10.2. The lowest BCUT2D eigenvalue weighted by Gasteiger charge is -2.37. The van der Waals surface area contributed by atoms with Gasteiger partial charge in [0, 0.05) is 26.3 Å². The number of aromatic nitrogens is 1. The van der Waals surface area contributed by atoms with Gasteiger partial charge in [0.15, 0.2) is 11.4 Å². The number of aromatic carboxylic acids is 1. The molecule has 0 unspecified atom stereocenters. The number of ether oxygens (including phenoxy) is 1. The number of carbonyl (C=O) groups is 3. The van der Waals surface area contributed by atoms with Crippen LogP contribution >= 0.6 is 0 Å². The topological polar surface area (TPSA) is 129 Å². The molecule has 2 amide bonds. The summed E-state index contributed by atoms with van der Waals surface area (Å²) >= 11 is 0. The molecule has 2 N–H and O–H groups in total. The number of aromatic hydroxyl groups is 1. The number of fused-ring (bicyclic) bond motifs is 1. The van der Waals surface area contributed by atoms with Crippen LogP contribution in [0.1, 0.15) is 48.0 Å². The number of amides is 2. The predicted octanol–water partition coefficient (Wildman–Crippen LogP) is -0.0350. The van der Waals surface area contributed by atoms with E-state index in [2.05, 4.69) is 0 Å². The Morgan fingerprint density at radius 1 is 1.31 bits per heavy atom. The second-order valence-corrected chi connectivity index (χ2v) is 6.12. The summed E-state index contributed by atoms with van der Waals surface area (Å²) < 4.78 is 6.33. The van der Waals surface area contributed by atoms with Gasteiger partial charge in [-0.2, -0.15) is 0 Å². The van der Waals surface area contributed by atoms with Crippen LogP contribution in [-0.2, 0) is 9.53 Å². The molecular formula is C16H21N3O7. The van der Waals surface area contributed by atoms with Crippen LogP contribution in [0.5, 0.6) is 5.75 Å². The van der Waals surface area contributed by atoms with Crippen LogP contribution < -0.4 is 10.4 Å². The third kappa shape index (κ3) is 3.69. The van der Waals surface area contributed by atoms with E-state index in [1.807, 2.05) is 13.8 Å². The number of carboxylic acid groups (broad SMARTS) is 1. The monoisotopic (exact) mass is 367 g/mol. The van der Waals surface area contributed by atoms with Crippen molar-refractivity contribution in [3.63, 3.8) is 0 Å². The Labute approximate surface area is 149 Å². The zero-order chi connectivity index (χ0) is 19.6. The molecular weight excluding hydrogens is 346 g/mol. The zero-order valence-electron chi connectivity index (χ0n) is 14.8. The summed E-state index contributed by atoms with van der Waals surface area (Å²) in [5, 5.41) is 20.3. The van der Waals surface area contributed by atoms with Crippen molar-refractivity contribution in [2.45, 2.75) is 33.3 Å². The SMILES string of the molecule is CC(=O)N1CN(CCCOC(C)C)C(=O)c2c(O)c(=O)c(C(=O)O)cn21. The van der Waals surface area contributed by atoms with Gasteiger partial charge in [-0.05, 0) is 20.3 Å². The molecule has 1 aromatic rings. The molecule has 1 aliphatic rings. The van der Waals surface area contributed by atoms with Gasteiger partial charge >= 0.3 is 5.97 Å². The smallest absolute Gasteiger partial charge is 0.341 e. The maximum absolute atomic E-state index is 12.6. The van der Waals surface area contributed by atoms with Gasteiger partial charge in [0.25, 0.3) is 5.91 Å². The largest absolute Gasteiger partial charge is 0.502 e. The molecule has 0 saturated carbocycles. The van der Waals surface area contributed by atoms with Crippen LogP contribution in [0.25, 0.3) is 0 Å². The number of pyridine rings is 1. The van der Waals surface area contributed by atoms with E-state index in [1.54, 1.807) is 0 Å². The van der Waals surface area contributed by atoms with Crippen molar-refractivity contribution in [2.75, 3.05) is 24.8 Å². The molecule has 2 heterocycles. The molecule has 10 nitrogen and oxygen atoms in total. The molecule has 1 aromatic heterocycles. The number of hydrogen-bond acceptors (Lipinski definition) is 6. The molecule has 0 aliphatic carbocycles. The van der Waals surface area contributed by atoms with Gasteiger partial charge in [0.2, 0.25) is 11.3 Å². The summed E-state index contributed by atoms with van der Waals surface area (Å²) in [4.78, 5) is 49.1. The van der Waals surface area contributed by atoms with E-state index >= 15 is 0 Å². The fourth-order valence-corrected chi connectivity index (χ4v) is 2.57. The minimum atomic E-state index is -1.56. The van der Waals surface area contributed by atoms with Crippen LogP contribution in [-0.4, -0.2) is 63.5 Å². The molecule has 2 rings (SSSR count). The van der Waals surface area contributed by atoms with E-state index in [0.717, 1.165) is 15.9 Å². The predicted molar refractivity (Wildman–Crippen MR) is 89.8 cm³/mol. The molecule has 26 heavy (non-hydrogen) atoms. The zero-order valence-corrected chi connectivity index (χ0v) is 14.8. The maximum Gasteiger partial charge on any atom is 0.341 e. The second-order valence-electron chi connectivity index (χ2n) is 6.12. The van der Waals surface area contributed by atoms with Gasteiger partial charge in [-0.1, -0.05) is 0 Å². The first-order valence-corrected chi connectivity index (χ1v) is 8.06. The number of hydrogen-bond donors (Lipinski definition) is 2. The van der Waals surface area contributed by atoms with E-state index in [9.17, 15) is 24.3 Å². The number of carboxylic acids is 1. The molecule has 0 atom stereocenters. The van der Waals surface area contributed by atoms with Crippen LogP contribution in [0.2, 0.25) is 0 Å². The third-order valence-corrected chi connectivity index (χ3v) is 3.84. The van der Waals surface area contributed by atoms with Crippen LogP contribution in [0, 0.1) is 0 Å². The van der Waals surface area contributed by atoms with Gasteiger partial charge in [0.05, 0.1) is 6.10 Å². The summed E-state index contributed by atoms with van der Waals surface area (Å²) in [6.07, 6.45) is 1.41. The van der Waals surface area contributed by atoms with Crippen molar-refractivity contribution in [1.29, 1.82) is 0 Å². The van der Waals surface area contributed by atoms with E-state index in [4.69, 9.17) is 9.84 Å². The summed E-state index contributed by atoms with van der Waals surface area (Å²) in [5.41, 5.74) is -2.35. The van der Waals surface area contributed by atoms with Crippen molar-refractivity contribution in [1.82, 2.24) is 9.58 Å². The minimum Gasteiger partial charge on any atom is -0.502 e. The Hall–Kier alpha value is -2.88. The summed E-state index contributed by atoms with van der Waals surface area (Å²) in [7, 11) is 0. The first-order chi connectivity index (χ1) is 12.1. The minimum absolute atomic E-state index is 0.0403. The first-order valence-electron chi connectivity index (χ1n) is 8.06. The first kappa shape index (κ1) is 19.4. The van der Waals surface area contributed by atoms with Gasteiger partial charge in [-0.3, -0.25) is 14.4 Å². The molecule has 142 valence electrons. The van der Waals surface area contributed by atoms with E-state index in [-0.39, 0.29) is 19.3 Å². The highest BCUT2D eigenvalue weighted by molar-refractivity contribution is 6.00. The Kier molecular flexibility index (Phi) is 5.66. The summed E-state index contributed by atoms with van der Waals surface area (Å²) in [6.45, 7) is 5.50. The fourth-order valence-electron chi connectivity index (χ4n) is 2.57. The average molecular weight is 367 g/mol. The molecule has 0 saturated heterocycles. The molecule has 10 heteroatoms. The highest BCUT2D eigenvalue weighted by Gasteiger charge is 2.35. The van der Waals surface area contributed by atoms with Gasteiger partial charge in [0.1, 0.15) is 12.2 Å². The second kappa shape index (κ2) is 7.56. The summed E-state index contributed by atoms with van der Waals surface area (Å²) in [6, 6.07) is 0. The van der Waals surface area contributed by atoms with E-state index in [0.29, 0.717) is 13.0 Å². The van der Waals surface area contributed by atoms with Crippen molar-refractivity contribution in [3.05, 3.63) is 27.7 Å². The normalized spacial score (nSPS) is 13.9. The van der Waals surface area contributed by atoms with Gasteiger partial charge in [-0.15, -0.1) is 0 Å². The Bertz CT molecular complexity index is 800. The van der Waals surface area contributed by atoms with Crippen LogP contribution in [0.4, 0.5) is 0 Å². The standard InChI is InChI=1S/C16H21N3O7/c1-9(2)26-6-4-5-17-8-19(10(3)20)18-7-11(16(24)25)13(21)14(22)12(18)15(17)23/h7,9,22H,4-6,8H2,1-3H3,(H,24,25). The lowest BCUT2D eigenvalue weighted by Crippen LogP contribution is -2.56. The highest BCUT2D eigenvalue weighted by atomic mass is 16.5. The molecule has 1 aliphatic heterocycles. The molecule has 0 fully saturated rings. The number of carbonyl (C=O) groups excluding carboxylic acids is 2. The molecule has 0 radical (unpaired) electrons. The van der Waals surface area contributed by atoms with Gasteiger partial charge in [-0.25, -0.2) is 14.5 Å². The van der Waals surface area contributed by atoms with Gasteiger partial charge < -0.3 is 19.8 Å². The average Bonchev–Trinajstić information content (AvgIpc) is 2.55. The molecule has 0 bridgehead atoms. The Balaban J connectivity index is 2.40. The van der Waals surface area contributed by atoms with E-state index < -0.39 is 40.2 Å². The number of nitrogens with zero attached hydrogens (tertiary/aromatic N) is 3.